The molecule has 7 heteroatoms. The van der Waals surface area contributed by atoms with E-state index in [0.29, 0.717) is 18.0 Å². The number of anilines is 1. The van der Waals surface area contributed by atoms with Gasteiger partial charge in [-0.25, -0.2) is 8.42 Å². The molecule has 0 atom stereocenters. The van der Waals surface area contributed by atoms with Crippen LogP contribution in [0.3, 0.4) is 0 Å². The molecule has 0 bridgehead atoms. The van der Waals surface area contributed by atoms with Gasteiger partial charge in [-0.15, -0.1) is 0 Å². The Bertz CT molecular complexity index is 652. The monoisotopic (exact) mass is 368 g/mol. The van der Waals surface area contributed by atoms with Crippen LogP contribution in [0, 0.1) is 0 Å². The number of benzene rings is 1. The van der Waals surface area contributed by atoms with Gasteiger partial charge in [-0.05, 0) is 44.0 Å². The zero-order valence-corrected chi connectivity index (χ0v) is 15.8. The zero-order chi connectivity index (χ0) is 18.3. The molecular weight excluding hydrogens is 340 g/mol. The van der Waals surface area contributed by atoms with Crippen molar-refractivity contribution in [3.8, 4) is 5.75 Å². The fraction of sp³-hybridized carbons (Fsp3) is 0.611. The Hall–Kier alpha value is -1.76. The van der Waals surface area contributed by atoms with Gasteiger partial charge in [0, 0.05) is 19.0 Å². The van der Waals surface area contributed by atoms with Crippen LogP contribution in [0.4, 0.5) is 5.69 Å². The summed E-state index contributed by atoms with van der Waals surface area (Å²) in [4.78, 5) is 12.2. The summed E-state index contributed by atoms with van der Waals surface area (Å²) in [5.41, 5.74) is 0.538. The van der Waals surface area contributed by atoms with Crippen LogP contribution in [0.1, 0.15) is 45.4 Å². The van der Waals surface area contributed by atoms with Crippen molar-refractivity contribution in [1.82, 2.24) is 5.32 Å². The molecule has 1 aromatic rings. The van der Waals surface area contributed by atoms with Gasteiger partial charge >= 0.3 is 0 Å². The summed E-state index contributed by atoms with van der Waals surface area (Å²) in [6, 6.07) is 7.10. The molecule has 140 valence electrons. The van der Waals surface area contributed by atoms with Crippen molar-refractivity contribution in [2.24, 2.45) is 0 Å². The Morgan fingerprint density at radius 2 is 1.84 bits per heavy atom. The van der Waals surface area contributed by atoms with Gasteiger partial charge in [-0.2, -0.15) is 0 Å². The molecule has 1 fully saturated rings. The largest absolute Gasteiger partial charge is 0.494 e. The van der Waals surface area contributed by atoms with Gasteiger partial charge in [0.15, 0.2) is 0 Å². The Balaban J connectivity index is 1.97. The number of nitrogens with one attached hydrogen (secondary N) is 1. The predicted molar refractivity (Wildman–Crippen MR) is 99.4 cm³/mol. The van der Waals surface area contributed by atoms with Gasteiger partial charge in [-0.1, -0.05) is 19.3 Å². The van der Waals surface area contributed by atoms with Crippen molar-refractivity contribution in [2.45, 2.75) is 51.5 Å². The molecule has 6 nitrogen and oxygen atoms in total. The molecule has 0 spiro atoms. The number of hydrogen-bond acceptors (Lipinski definition) is 4. The van der Waals surface area contributed by atoms with E-state index in [0.717, 1.165) is 31.9 Å². The van der Waals surface area contributed by atoms with E-state index >= 15 is 0 Å². The lowest BCUT2D eigenvalue weighted by Gasteiger charge is -2.25. The van der Waals surface area contributed by atoms with Crippen LogP contribution in [-0.2, 0) is 14.8 Å². The quantitative estimate of drug-likeness (QED) is 0.765. The van der Waals surface area contributed by atoms with E-state index in [9.17, 15) is 13.2 Å². The zero-order valence-electron chi connectivity index (χ0n) is 15.0. The van der Waals surface area contributed by atoms with Crippen LogP contribution in [0.2, 0.25) is 0 Å². The molecule has 0 unspecified atom stereocenters. The lowest BCUT2D eigenvalue weighted by atomic mass is 9.95. The summed E-state index contributed by atoms with van der Waals surface area (Å²) < 4.78 is 30.9. The van der Waals surface area contributed by atoms with Crippen molar-refractivity contribution in [3.05, 3.63) is 24.3 Å². The van der Waals surface area contributed by atoms with E-state index in [1.54, 1.807) is 24.3 Å². The minimum atomic E-state index is -3.46. The summed E-state index contributed by atoms with van der Waals surface area (Å²) >= 11 is 0. The molecule has 0 aliphatic heterocycles. The molecule has 2 rings (SSSR count). The lowest BCUT2D eigenvalue weighted by molar-refractivity contribution is -0.121. The second-order valence-electron chi connectivity index (χ2n) is 6.41. The summed E-state index contributed by atoms with van der Waals surface area (Å²) in [7, 11) is -3.46. The number of amides is 1. The van der Waals surface area contributed by atoms with Gasteiger partial charge in [0.1, 0.15) is 5.75 Å². The average Bonchev–Trinajstić information content (AvgIpc) is 2.56. The number of hydrogen-bond donors (Lipinski definition) is 1. The molecule has 0 heterocycles. The molecule has 1 amide bonds. The maximum atomic E-state index is 12.2. The van der Waals surface area contributed by atoms with Gasteiger partial charge in [0.2, 0.25) is 15.9 Å². The minimum Gasteiger partial charge on any atom is -0.494 e. The number of carbonyl (C=O) groups excluding carboxylic acids is 1. The molecule has 25 heavy (non-hydrogen) atoms. The first-order valence-corrected chi connectivity index (χ1v) is 10.7. The summed E-state index contributed by atoms with van der Waals surface area (Å²) in [5.74, 6) is 0.598. The lowest BCUT2D eigenvalue weighted by Crippen LogP contribution is -2.39. The fourth-order valence-electron chi connectivity index (χ4n) is 3.11. The standard InChI is InChI=1S/C18H28N2O4S/c1-3-24-17-11-9-16(10-12-17)20(25(2,22)23)14-13-18(21)19-15-7-5-4-6-8-15/h9-12,15H,3-8,13-14H2,1-2H3,(H,19,21). The Kier molecular flexibility index (Phi) is 7.11. The molecular formula is C18H28N2O4S. The van der Waals surface area contributed by atoms with Gasteiger partial charge in [-0.3, -0.25) is 9.10 Å². The highest BCUT2D eigenvalue weighted by Crippen LogP contribution is 2.22. The van der Waals surface area contributed by atoms with Crippen LogP contribution in [0.5, 0.6) is 5.75 Å². The highest BCUT2D eigenvalue weighted by molar-refractivity contribution is 7.92. The van der Waals surface area contributed by atoms with Crippen molar-refractivity contribution in [3.63, 3.8) is 0 Å². The number of carbonyl (C=O) groups is 1. The third kappa shape index (κ3) is 6.23. The molecule has 1 N–H and O–H groups in total. The number of rotatable bonds is 8. The molecule has 1 aliphatic rings. The van der Waals surface area contributed by atoms with Crippen molar-refractivity contribution in [1.29, 1.82) is 0 Å². The van der Waals surface area contributed by atoms with Gasteiger partial charge in [0.05, 0.1) is 18.6 Å². The van der Waals surface area contributed by atoms with Gasteiger partial charge in [0.25, 0.3) is 0 Å². The number of ether oxygens (including phenoxy) is 1. The first kappa shape index (κ1) is 19.6. The normalized spacial score (nSPS) is 15.6. The van der Waals surface area contributed by atoms with E-state index in [-0.39, 0.29) is 24.9 Å². The molecule has 0 radical (unpaired) electrons. The molecule has 0 aromatic heterocycles. The first-order valence-electron chi connectivity index (χ1n) is 8.90. The molecule has 1 aromatic carbocycles. The fourth-order valence-corrected chi connectivity index (χ4v) is 4.04. The van der Waals surface area contributed by atoms with Crippen LogP contribution >= 0.6 is 0 Å². The summed E-state index contributed by atoms with van der Waals surface area (Å²) in [6.45, 7) is 2.57. The van der Waals surface area contributed by atoms with E-state index in [1.807, 2.05) is 6.92 Å². The highest BCUT2D eigenvalue weighted by Gasteiger charge is 2.20. The maximum Gasteiger partial charge on any atom is 0.232 e. The van der Waals surface area contributed by atoms with Gasteiger partial charge < -0.3 is 10.1 Å². The summed E-state index contributed by atoms with van der Waals surface area (Å²) in [5, 5.41) is 3.02. The average molecular weight is 368 g/mol. The van der Waals surface area contributed by atoms with E-state index in [4.69, 9.17) is 4.74 Å². The topological polar surface area (TPSA) is 75.7 Å². The van der Waals surface area contributed by atoms with Crippen molar-refractivity contribution in [2.75, 3.05) is 23.7 Å². The third-order valence-corrected chi connectivity index (χ3v) is 5.54. The SMILES string of the molecule is CCOc1ccc(N(CCC(=O)NC2CCCCC2)S(C)(=O)=O)cc1. The number of sulfonamides is 1. The highest BCUT2D eigenvalue weighted by atomic mass is 32.2. The smallest absolute Gasteiger partial charge is 0.232 e. The molecule has 1 saturated carbocycles. The first-order chi connectivity index (χ1) is 11.9. The van der Waals surface area contributed by atoms with Crippen LogP contribution in [0.15, 0.2) is 24.3 Å². The van der Waals surface area contributed by atoms with E-state index in [1.165, 1.54) is 10.7 Å². The van der Waals surface area contributed by atoms with Crippen LogP contribution in [0.25, 0.3) is 0 Å². The van der Waals surface area contributed by atoms with E-state index < -0.39 is 10.0 Å². The van der Waals surface area contributed by atoms with Crippen molar-refractivity contribution < 1.29 is 17.9 Å². The van der Waals surface area contributed by atoms with Crippen LogP contribution in [-0.4, -0.2) is 39.8 Å². The minimum absolute atomic E-state index is 0.0912. The second-order valence-corrected chi connectivity index (χ2v) is 8.32. The summed E-state index contributed by atoms with van der Waals surface area (Å²) in [6.07, 6.45) is 6.85. The number of nitrogens with zero attached hydrogens (tertiary/aromatic N) is 1. The van der Waals surface area contributed by atoms with Crippen LogP contribution < -0.4 is 14.4 Å². The Labute approximate surface area is 150 Å². The Morgan fingerprint density at radius 3 is 2.40 bits per heavy atom. The second kappa shape index (κ2) is 9.08. The maximum absolute atomic E-state index is 12.2. The molecule has 0 saturated heterocycles. The van der Waals surface area contributed by atoms with E-state index in [2.05, 4.69) is 5.32 Å². The third-order valence-electron chi connectivity index (χ3n) is 4.35. The Morgan fingerprint density at radius 1 is 1.20 bits per heavy atom. The van der Waals surface area contributed by atoms with Crippen molar-refractivity contribution >= 4 is 21.6 Å². The predicted octanol–water partition coefficient (Wildman–Crippen LogP) is 2.69. The molecule has 1 aliphatic carbocycles.